The van der Waals surface area contributed by atoms with Crippen molar-refractivity contribution in [2.45, 2.75) is 32.7 Å². The van der Waals surface area contributed by atoms with Gasteiger partial charge in [-0.15, -0.1) is 0 Å². The molecule has 1 atom stereocenters. The maximum atomic E-state index is 11.6. The van der Waals surface area contributed by atoms with Gasteiger partial charge in [-0.1, -0.05) is 19.1 Å². The molecule has 0 bridgehead atoms. The molecule has 0 saturated heterocycles. The molecular formula is C13H19NO2. The van der Waals surface area contributed by atoms with E-state index in [1.54, 1.807) is 7.11 Å². The van der Waals surface area contributed by atoms with Crippen LogP contribution < -0.4 is 10.1 Å². The van der Waals surface area contributed by atoms with Crippen LogP contribution in [0, 0.1) is 0 Å². The Kier molecular flexibility index (Phi) is 4.83. The van der Waals surface area contributed by atoms with E-state index in [-0.39, 0.29) is 11.9 Å². The first-order valence-electron chi connectivity index (χ1n) is 5.58. The predicted molar refractivity (Wildman–Crippen MR) is 64.6 cm³/mol. The van der Waals surface area contributed by atoms with Crippen LogP contribution in [0.4, 0.5) is 0 Å². The first-order valence-corrected chi connectivity index (χ1v) is 5.58. The molecule has 0 aromatic heterocycles. The summed E-state index contributed by atoms with van der Waals surface area (Å²) >= 11 is 0. The van der Waals surface area contributed by atoms with Gasteiger partial charge in [-0.2, -0.15) is 0 Å². The minimum atomic E-state index is 0.0580. The summed E-state index contributed by atoms with van der Waals surface area (Å²) in [6.07, 6.45) is 1.35. The van der Waals surface area contributed by atoms with E-state index in [2.05, 4.69) is 12.2 Å². The number of carbonyl (C=O) groups excluding carboxylic acids is 1. The quantitative estimate of drug-likeness (QED) is 0.827. The molecule has 1 rings (SSSR count). The van der Waals surface area contributed by atoms with Crippen LogP contribution in [0.5, 0.6) is 5.75 Å². The Morgan fingerprint density at radius 1 is 1.50 bits per heavy atom. The van der Waals surface area contributed by atoms with Crippen molar-refractivity contribution in [3.8, 4) is 5.75 Å². The van der Waals surface area contributed by atoms with Crippen LogP contribution in [0.25, 0.3) is 0 Å². The second-order valence-electron chi connectivity index (χ2n) is 3.91. The molecular weight excluding hydrogens is 202 g/mol. The molecule has 0 aliphatic carbocycles. The van der Waals surface area contributed by atoms with E-state index in [0.29, 0.717) is 6.42 Å². The Balaban J connectivity index is 2.55. The minimum Gasteiger partial charge on any atom is -0.497 e. The highest BCUT2D eigenvalue weighted by Gasteiger charge is 2.06. The second-order valence-corrected chi connectivity index (χ2v) is 3.91. The lowest BCUT2D eigenvalue weighted by molar-refractivity contribution is -0.121. The number of hydrogen-bond donors (Lipinski definition) is 1. The summed E-state index contributed by atoms with van der Waals surface area (Å²) < 4.78 is 5.11. The highest BCUT2D eigenvalue weighted by Crippen LogP contribution is 2.12. The summed E-state index contributed by atoms with van der Waals surface area (Å²) in [7, 11) is 1.62. The van der Waals surface area contributed by atoms with Crippen molar-refractivity contribution in [3.05, 3.63) is 29.8 Å². The molecule has 3 heteroatoms. The molecule has 1 unspecified atom stereocenters. The van der Waals surface area contributed by atoms with Gasteiger partial charge in [0.2, 0.25) is 5.91 Å². The summed E-state index contributed by atoms with van der Waals surface area (Å²) in [5, 5.41) is 2.94. The molecule has 1 amide bonds. The maximum absolute atomic E-state index is 11.6. The summed E-state index contributed by atoms with van der Waals surface area (Å²) in [6.45, 7) is 4.06. The first-order chi connectivity index (χ1) is 7.65. The van der Waals surface area contributed by atoms with Crippen LogP contribution >= 0.6 is 0 Å². The van der Waals surface area contributed by atoms with Crippen molar-refractivity contribution in [3.63, 3.8) is 0 Å². The van der Waals surface area contributed by atoms with Crippen molar-refractivity contribution < 1.29 is 9.53 Å². The molecule has 0 aliphatic rings. The summed E-state index contributed by atoms with van der Waals surface area (Å²) in [6, 6.07) is 7.81. The fourth-order valence-electron chi connectivity index (χ4n) is 1.40. The molecule has 1 aromatic rings. The van der Waals surface area contributed by atoms with Crippen LogP contribution in [0.1, 0.15) is 25.8 Å². The Morgan fingerprint density at radius 2 is 2.25 bits per heavy atom. The third kappa shape index (κ3) is 3.93. The fraction of sp³-hybridized carbons (Fsp3) is 0.462. The Bertz CT molecular complexity index is 350. The first kappa shape index (κ1) is 12.6. The van der Waals surface area contributed by atoms with Crippen LogP contribution in [-0.4, -0.2) is 19.1 Å². The van der Waals surface area contributed by atoms with Crippen molar-refractivity contribution in [1.82, 2.24) is 5.32 Å². The standard InChI is InChI=1S/C13H19NO2/c1-4-10(2)14-13(15)9-11-6-5-7-12(8-11)16-3/h5-8,10H,4,9H2,1-3H3,(H,14,15). The predicted octanol–water partition coefficient (Wildman–Crippen LogP) is 2.15. The van der Waals surface area contributed by atoms with Gasteiger partial charge in [-0.25, -0.2) is 0 Å². The van der Waals surface area contributed by atoms with Gasteiger partial charge in [0, 0.05) is 6.04 Å². The van der Waals surface area contributed by atoms with Crippen LogP contribution in [0.15, 0.2) is 24.3 Å². The number of rotatable bonds is 5. The monoisotopic (exact) mass is 221 g/mol. The number of hydrogen-bond acceptors (Lipinski definition) is 2. The Hall–Kier alpha value is -1.51. The molecule has 0 heterocycles. The topological polar surface area (TPSA) is 38.3 Å². The Morgan fingerprint density at radius 3 is 2.88 bits per heavy atom. The zero-order chi connectivity index (χ0) is 12.0. The highest BCUT2D eigenvalue weighted by atomic mass is 16.5. The SMILES string of the molecule is CCC(C)NC(=O)Cc1cccc(OC)c1. The number of methoxy groups -OCH3 is 1. The van der Waals surface area contributed by atoms with E-state index in [4.69, 9.17) is 4.74 Å². The minimum absolute atomic E-state index is 0.0580. The highest BCUT2D eigenvalue weighted by molar-refractivity contribution is 5.78. The average Bonchev–Trinajstić information content (AvgIpc) is 2.28. The number of ether oxygens (including phenoxy) is 1. The molecule has 88 valence electrons. The van der Waals surface area contributed by atoms with Crippen molar-refractivity contribution >= 4 is 5.91 Å². The molecule has 0 aliphatic heterocycles. The third-order valence-corrected chi connectivity index (χ3v) is 2.52. The van der Waals surface area contributed by atoms with Gasteiger partial charge in [0.15, 0.2) is 0 Å². The summed E-state index contributed by atoms with van der Waals surface area (Å²) in [4.78, 5) is 11.6. The maximum Gasteiger partial charge on any atom is 0.224 e. The molecule has 1 N–H and O–H groups in total. The van der Waals surface area contributed by atoms with Gasteiger partial charge in [0.05, 0.1) is 13.5 Å². The largest absolute Gasteiger partial charge is 0.497 e. The molecule has 0 radical (unpaired) electrons. The normalized spacial score (nSPS) is 11.9. The van der Waals surface area contributed by atoms with Crippen molar-refractivity contribution in [2.24, 2.45) is 0 Å². The number of benzene rings is 1. The van der Waals surface area contributed by atoms with E-state index in [1.165, 1.54) is 0 Å². The number of carbonyl (C=O) groups is 1. The number of nitrogens with one attached hydrogen (secondary N) is 1. The van der Waals surface area contributed by atoms with E-state index < -0.39 is 0 Å². The second kappa shape index (κ2) is 6.16. The summed E-state index contributed by atoms with van der Waals surface area (Å²) in [5.74, 6) is 0.844. The average molecular weight is 221 g/mol. The van der Waals surface area contributed by atoms with E-state index in [1.807, 2.05) is 31.2 Å². The van der Waals surface area contributed by atoms with Crippen LogP contribution in [0.3, 0.4) is 0 Å². The lowest BCUT2D eigenvalue weighted by Crippen LogP contribution is -2.33. The van der Waals surface area contributed by atoms with Crippen LogP contribution in [-0.2, 0) is 11.2 Å². The van der Waals surface area contributed by atoms with E-state index in [0.717, 1.165) is 17.7 Å². The smallest absolute Gasteiger partial charge is 0.224 e. The molecule has 0 fully saturated rings. The lowest BCUT2D eigenvalue weighted by atomic mass is 10.1. The fourth-order valence-corrected chi connectivity index (χ4v) is 1.40. The lowest BCUT2D eigenvalue weighted by Gasteiger charge is -2.11. The van der Waals surface area contributed by atoms with Gasteiger partial charge in [0.1, 0.15) is 5.75 Å². The third-order valence-electron chi connectivity index (χ3n) is 2.52. The summed E-state index contributed by atoms with van der Waals surface area (Å²) in [5.41, 5.74) is 0.972. The molecule has 0 spiro atoms. The van der Waals surface area contributed by atoms with Crippen molar-refractivity contribution in [1.29, 1.82) is 0 Å². The molecule has 0 saturated carbocycles. The zero-order valence-corrected chi connectivity index (χ0v) is 10.1. The molecule has 3 nitrogen and oxygen atoms in total. The van der Waals surface area contributed by atoms with Gasteiger partial charge in [-0.3, -0.25) is 4.79 Å². The van der Waals surface area contributed by atoms with E-state index >= 15 is 0 Å². The molecule has 16 heavy (non-hydrogen) atoms. The zero-order valence-electron chi connectivity index (χ0n) is 10.1. The number of amides is 1. The van der Waals surface area contributed by atoms with Gasteiger partial charge in [-0.05, 0) is 31.0 Å². The van der Waals surface area contributed by atoms with Crippen molar-refractivity contribution in [2.75, 3.05) is 7.11 Å². The van der Waals surface area contributed by atoms with Gasteiger partial charge in [0.25, 0.3) is 0 Å². The Labute approximate surface area is 96.8 Å². The van der Waals surface area contributed by atoms with Gasteiger partial charge < -0.3 is 10.1 Å². The van der Waals surface area contributed by atoms with Crippen LogP contribution in [0.2, 0.25) is 0 Å². The molecule has 1 aromatic carbocycles. The van der Waals surface area contributed by atoms with Gasteiger partial charge >= 0.3 is 0 Å². The van der Waals surface area contributed by atoms with E-state index in [9.17, 15) is 4.79 Å².